The molecule has 0 bridgehead atoms. The summed E-state index contributed by atoms with van der Waals surface area (Å²) in [6.45, 7) is 5.10. The van der Waals surface area contributed by atoms with Gasteiger partial charge in [0.2, 0.25) is 5.91 Å². The summed E-state index contributed by atoms with van der Waals surface area (Å²) in [5.41, 5.74) is 1.39. The molecule has 0 aliphatic carbocycles. The average molecular weight is 399 g/mol. The Kier molecular flexibility index (Phi) is 5.48. The fourth-order valence-corrected chi connectivity index (χ4v) is 4.64. The molecule has 1 spiro atoms. The predicted molar refractivity (Wildman–Crippen MR) is 107 cm³/mol. The molecule has 4 rings (SSSR count). The van der Waals surface area contributed by atoms with Crippen LogP contribution in [0.15, 0.2) is 24.3 Å². The van der Waals surface area contributed by atoms with Crippen LogP contribution >= 0.6 is 0 Å². The standard InChI is InChI=1S/C22H29N3O4/c1-16-3-5-17(6-4-16)19(26)25-12-7-18(8-13-25)20(27)24-11-2-9-22(10-14-24)15-23-21(28)29-22/h3-6,18H,2,7-15H2,1H3,(H,23,28). The molecule has 0 radical (unpaired) electrons. The molecule has 3 aliphatic rings. The number of benzene rings is 1. The molecule has 1 aromatic rings. The van der Waals surface area contributed by atoms with Crippen LogP contribution in [0.3, 0.4) is 0 Å². The van der Waals surface area contributed by atoms with E-state index in [1.54, 1.807) is 0 Å². The summed E-state index contributed by atoms with van der Waals surface area (Å²) in [6.07, 6.45) is 3.37. The highest BCUT2D eigenvalue weighted by Crippen LogP contribution is 2.30. The molecular weight excluding hydrogens is 370 g/mol. The second-order valence-corrected chi connectivity index (χ2v) is 8.54. The summed E-state index contributed by atoms with van der Waals surface area (Å²) in [6, 6.07) is 7.64. The molecule has 1 unspecified atom stereocenters. The SMILES string of the molecule is Cc1ccc(C(=O)N2CCC(C(=O)N3CCCC4(CC3)CNC(=O)O4)CC2)cc1. The van der Waals surface area contributed by atoms with E-state index in [0.29, 0.717) is 57.5 Å². The number of amides is 3. The lowest BCUT2D eigenvalue weighted by atomic mass is 9.94. The van der Waals surface area contributed by atoms with E-state index in [2.05, 4.69) is 5.32 Å². The topological polar surface area (TPSA) is 79.0 Å². The number of likely N-dealkylation sites (tertiary alicyclic amines) is 2. The molecule has 7 heteroatoms. The number of nitrogens with one attached hydrogen (secondary N) is 1. The highest BCUT2D eigenvalue weighted by atomic mass is 16.6. The van der Waals surface area contributed by atoms with E-state index in [0.717, 1.165) is 18.4 Å². The van der Waals surface area contributed by atoms with Crippen LogP contribution in [0.1, 0.15) is 48.0 Å². The zero-order valence-electron chi connectivity index (χ0n) is 17.0. The second-order valence-electron chi connectivity index (χ2n) is 8.54. The minimum atomic E-state index is -0.448. The number of piperidine rings is 1. The lowest BCUT2D eigenvalue weighted by Gasteiger charge is -2.34. The molecule has 7 nitrogen and oxygen atoms in total. The van der Waals surface area contributed by atoms with Crippen molar-refractivity contribution in [3.05, 3.63) is 35.4 Å². The quantitative estimate of drug-likeness (QED) is 0.828. The van der Waals surface area contributed by atoms with Gasteiger partial charge in [0.15, 0.2) is 0 Å². The van der Waals surface area contributed by atoms with Crippen molar-refractivity contribution in [2.45, 2.75) is 44.6 Å². The fourth-order valence-electron chi connectivity index (χ4n) is 4.64. The summed E-state index contributed by atoms with van der Waals surface area (Å²) < 4.78 is 5.50. The summed E-state index contributed by atoms with van der Waals surface area (Å²) >= 11 is 0. The van der Waals surface area contributed by atoms with Gasteiger partial charge in [-0.1, -0.05) is 17.7 Å². The second kappa shape index (κ2) is 8.05. The Labute approximate surface area is 171 Å². The summed E-state index contributed by atoms with van der Waals surface area (Å²) in [4.78, 5) is 41.0. The predicted octanol–water partition coefficient (Wildman–Crippen LogP) is 2.34. The lowest BCUT2D eigenvalue weighted by Crippen LogP contribution is -2.45. The highest BCUT2D eigenvalue weighted by molar-refractivity contribution is 5.94. The molecule has 0 aromatic heterocycles. The van der Waals surface area contributed by atoms with Crippen LogP contribution in [0.25, 0.3) is 0 Å². The van der Waals surface area contributed by atoms with Gasteiger partial charge in [-0.05, 0) is 44.7 Å². The maximum Gasteiger partial charge on any atom is 0.407 e. The Bertz CT molecular complexity index is 786. The normalized spacial score (nSPS) is 25.5. The van der Waals surface area contributed by atoms with Crippen LogP contribution in [0.2, 0.25) is 0 Å². The van der Waals surface area contributed by atoms with Crippen LogP contribution < -0.4 is 5.32 Å². The summed E-state index contributed by atoms with van der Waals surface area (Å²) in [5, 5.41) is 2.75. The van der Waals surface area contributed by atoms with Gasteiger partial charge in [0.1, 0.15) is 5.60 Å². The van der Waals surface area contributed by atoms with Crippen molar-refractivity contribution in [2.24, 2.45) is 5.92 Å². The van der Waals surface area contributed by atoms with Gasteiger partial charge in [-0.15, -0.1) is 0 Å². The largest absolute Gasteiger partial charge is 0.441 e. The van der Waals surface area contributed by atoms with Gasteiger partial charge in [-0.25, -0.2) is 4.79 Å². The van der Waals surface area contributed by atoms with Crippen LogP contribution in [-0.2, 0) is 9.53 Å². The van der Waals surface area contributed by atoms with Gasteiger partial charge < -0.3 is 19.9 Å². The van der Waals surface area contributed by atoms with Crippen LogP contribution in [0, 0.1) is 12.8 Å². The molecule has 3 fully saturated rings. The monoisotopic (exact) mass is 399 g/mol. The molecule has 1 N–H and O–H groups in total. The first-order chi connectivity index (χ1) is 14.0. The summed E-state index contributed by atoms with van der Waals surface area (Å²) in [7, 11) is 0. The first kappa shape index (κ1) is 19.7. The third-order valence-corrected chi connectivity index (χ3v) is 6.50. The Hall–Kier alpha value is -2.57. The Morgan fingerprint density at radius 2 is 1.76 bits per heavy atom. The average Bonchev–Trinajstić information content (AvgIpc) is 2.97. The lowest BCUT2D eigenvalue weighted by molar-refractivity contribution is -0.137. The number of hydrogen-bond donors (Lipinski definition) is 1. The maximum atomic E-state index is 13.1. The number of carbonyl (C=O) groups excluding carboxylic acids is 3. The molecule has 3 saturated heterocycles. The number of ether oxygens (including phenoxy) is 1. The molecule has 156 valence electrons. The van der Waals surface area contributed by atoms with Crippen molar-refractivity contribution in [3.63, 3.8) is 0 Å². The van der Waals surface area contributed by atoms with Crippen LogP contribution in [0.4, 0.5) is 4.79 Å². The third-order valence-electron chi connectivity index (χ3n) is 6.50. The van der Waals surface area contributed by atoms with Crippen molar-refractivity contribution in [2.75, 3.05) is 32.7 Å². The van der Waals surface area contributed by atoms with Crippen LogP contribution in [0.5, 0.6) is 0 Å². The minimum Gasteiger partial charge on any atom is -0.441 e. The molecule has 1 atom stereocenters. The first-order valence-electron chi connectivity index (χ1n) is 10.6. The maximum absolute atomic E-state index is 13.1. The zero-order valence-corrected chi connectivity index (χ0v) is 17.0. The number of carbonyl (C=O) groups is 3. The smallest absolute Gasteiger partial charge is 0.407 e. The van der Waals surface area contributed by atoms with Gasteiger partial charge in [0.25, 0.3) is 5.91 Å². The number of hydrogen-bond acceptors (Lipinski definition) is 4. The van der Waals surface area contributed by atoms with E-state index < -0.39 is 5.60 Å². The Morgan fingerprint density at radius 1 is 1.03 bits per heavy atom. The van der Waals surface area contributed by atoms with E-state index in [-0.39, 0.29) is 23.8 Å². The molecule has 29 heavy (non-hydrogen) atoms. The molecular formula is C22H29N3O4. The number of nitrogens with zero attached hydrogens (tertiary/aromatic N) is 2. The van der Waals surface area contributed by atoms with E-state index >= 15 is 0 Å². The van der Waals surface area contributed by atoms with Crippen molar-refractivity contribution < 1.29 is 19.1 Å². The van der Waals surface area contributed by atoms with Crippen LogP contribution in [-0.4, -0.2) is 66.0 Å². The number of rotatable bonds is 2. The van der Waals surface area contributed by atoms with Gasteiger partial charge in [-0.2, -0.15) is 0 Å². The molecule has 3 aliphatic heterocycles. The Morgan fingerprint density at radius 3 is 2.41 bits per heavy atom. The molecule has 3 amide bonds. The third kappa shape index (κ3) is 4.23. The van der Waals surface area contributed by atoms with Crippen molar-refractivity contribution in [1.82, 2.24) is 15.1 Å². The van der Waals surface area contributed by atoms with Gasteiger partial charge >= 0.3 is 6.09 Å². The van der Waals surface area contributed by atoms with Gasteiger partial charge in [0.05, 0.1) is 6.54 Å². The molecule has 1 aromatic carbocycles. The molecule has 0 saturated carbocycles. The van der Waals surface area contributed by atoms with E-state index in [1.165, 1.54) is 0 Å². The summed E-state index contributed by atoms with van der Waals surface area (Å²) in [5.74, 6) is 0.195. The highest BCUT2D eigenvalue weighted by Gasteiger charge is 2.42. The van der Waals surface area contributed by atoms with Crippen molar-refractivity contribution in [1.29, 1.82) is 0 Å². The van der Waals surface area contributed by atoms with Gasteiger partial charge in [0, 0.05) is 44.1 Å². The Balaban J connectivity index is 1.30. The van der Waals surface area contributed by atoms with Crippen molar-refractivity contribution in [3.8, 4) is 0 Å². The molecule has 3 heterocycles. The van der Waals surface area contributed by atoms with Crippen molar-refractivity contribution >= 4 is 17.9 Å². The fraction of sp³-hybridized carbons (Fsp3) is 0.591. The first-order valence-corrected chi connectivity index (χ1v) is 10.6. The van der Waals surface area contributed by atoms with E-state index in [1.807, 2.05) is 41.0 Å². The number of aryl methyl sites for hydroxylation is 1. The zero-order chi connectivity index (χ0) is 20.4. The van der Waals surface area contributed by atoms with E-state index in [9.17, 15) is 14.4 Å². The van der Waals surface area contributed by atoms with Gasteiger partial charge in [-0.3, -0.25) is 9.59 Å². The number of alkyl carbamates (subject to hydrolysis) is 1. The minimum absolute atomic E-state index is 0.0321. The van der Waals surface area contributed by atoms with E-state index in [4.69, 9.17) is 4.74 Å².